The molecule has 1 atom stereocenters. The molecular weight excluding hydrogens is 402 g/mol. The smallest absolute Gasteiger partial charge is 0.249 e. The van der Waals surface area contributed by atoms with Crippen molar-refractivity contribution in [2.24, 2.45) is 11.8 Å². The zero-order chi connectivity index (χ0) is 22.5. The van der Waals surface area contributed by atoms with E-state index in [1.165, 1.54) is 30.4 Å². The predicted octanol–water partition coefficient (Wildman–Crippen LogP) is 4.53. The van der Waals surface area contributed by atoms with Crippen molar-refractivity contribution in [2.75, 3.05) is 25.0 Å². The van der Waals surface area contributed by atoms with Gasteiger partial charge in [-0.25, -0.2) is 0 Å². The van der Waals surface area contributed by atoms with Crippen LogP contribution in [0.25, 0.3) is 11.3 Å². The molecule has 7 heteroatoms. The number of aryl methyl sites for hydroxylation is 1. The summed E-state index contributed by atoms with van der Waals surface area (Å²) in [6, 6.07) is 5.66. The average Bonchev–Trinajstić information content (AvgIpc) is 3.55. The second-order valence-corrected chi connectivity index (χ2v) is 9.49. The van der Waals surface area contributed by atoms with Gasteiger partial charge in [0.15, 0.2) is 0 Å². The zero-order valence-corrected chi connectivity index (χ0v) is 19.3. The lowest BCUT2D eigenvalue weighted by Crippen LogP contribution is -2.28. The number of carbonyl (C=O) groups is 2. The summed E-state index contributed by atoms with van der Waals surface area (Å²) in [5.74, 6) is 0.630. The summed E-state index contributed by atoms with van der Waals surface area (Å²) in [7, 11) is 0. The van der Waals surface area contributed by atoms with Crippen LogP contribution in [0.1, 0.15) is 68.8 Å². The highest BCUT2D eigenvalue weighted by Gasteiger charge is 2.24. The fraction of sp³-hybridized carbons (Fsp3) is 0.600. The Morgan fingerprint density at radius 1 is 1.16 bits per heavy atom. The minimum Gasteiger partial charge on any atom is -0.310 e. The maximum absolute atomic E-state index is 13.1. The summed E-state index contributed by atoms with van der Waals surface area (Å²) in [5.41, 5.74) is 2.41. The van der Waals surface area contributed by atoms with Crippen molar-refractivity contribution < 1.29 is 9.59 Å². The predicted molar refractivity (Wildman–Crippen MR) is 125 cm³/mol. The fourth-order valence-corrected chi connectivity index (χ4v) is 4.73. The molecule has 2 aromatic heterocycles. The molecule has 2 fully saturated rings. The summed E-state index contributed by atoms with van der Waals surface area (Å²) in [4.78, 5) is 32.8. The van der Waals surface area contributed by atoms with Gasteiger partial charge in [0.25, 0.3) is 0 Å². The second kappa shape index (κ2) is 10.4. The largest absolute Gasteiger partial charge is 0.310 e. The highest BCUT2D eigenvalue weighted by atomic mass is 16.2. The van der Waals surface area contributed by atoms with E-state index in [-0.39, 0.29) is 17.7 Å². The van der Waals surface area contributed by atoms with Crippen LogP contribution in [0.4, 0.5) is 5.82 Å². The third-order valence-corrected chi connectivity index (χ3v) is 6.87. The van der Waals surface area contributed by atoms with Gasteiger partial charge in [0, 0.05) is 35.9 Å². The summed E-state index contributed by atoms with van der Waals surface area (Å²) in [5, 5.41) is 7.57. The number of aromatic nitrogens is 3. The minimum atomic E-state index is -0.131. The van der Waals surface area contributed by atoms with E-state index in [1.807, 2.05) is 26.0 Å². The maximum Gasteiger partial charge on any atom is 0.249 e. The Hall–Kier alpha value is -2.54. The molecule has 3 heterocycles. The zero-order valence-electron chi connectivity index (χ0n) is 19.3. The van der Waals surface area contributed by atoms with Crippen molar-refractivity contribution in [3.8, 4) is 11.3 Å². The lowest BCUT2D eigenvalue weighted by atomic mass is 10.0. The van der Waals surface area contributed by atoms with Crippen LogP contribution in [0.15, 0.2) is 24.4 Å². The van der Waals surface area contributed by atoms with Crippen LogP contribution in [-0.2, 0) is 4.79 Å². The molecule has 2 aliphatic rings. The Labute approximate surface area is 190 Å². The summed E-state index contributed by atoms with van der Waals surface area (Å²) < 4.78 is 1.40. The molecule has 1 aliphatic carbocycles. The standard InChI is InChI=1S/C25H35N5O2/c1-18(11-14-29-12-5-6-13-29)25(32)27-23-16-22(21-10-9-19(2)26-17-21)28-30(23)24(31)15-20-7-3-4-8-20/h9-10,16-18,20H,3-8,11-15H2,1-2H3,(H,27,32). The van der Waals surface area contributed by atoms with E-state index < -0.39 is 0 Å². The van der Waals surface area contributed by atoms with Crippen molar-refractivity contribution in [3.63, 3.8) is 0 Å². The minimum absolute atomic E-state index is 0.0526. The Bertz CT molecular complexity index is 924. The first-order valence-electron chi connectivity index (χ1n) is 12.1. The third-order valence-electron chi connectivity index (χ3n) is 6.87. The van der Waals surface area contributed by atoms with Gasteiger partial charge in [-0.05, 0) is 76.7 Å². The number of anilines is 1. The first-order chi connectivity index (χ1) is 15.5. The molecule has 7 nitrogen and oxygen atoms in total. The molecular formula is C25H35N5O2. The van der Waals surface area contributed by atoms with Crippen molar-refractivity contribution in [1.82, 2.24) is 19.7 Å². The summed E-state index contributed by atoms with van der Waals surface area (Å²) in [6.07, 6.45) is 10.1. The molecule has 1 unspecified atom stereocenters. The van der Waals surface area contributed by atoms with Gasteiger partial charge in [0.1, 0.15) is 5.82 Å². The molecule has 4 rings (SSSR count). The van der Waals surface area contributed by atoms with E-state index in [0.29, 0.717) is 23.9 Å². The average molecular weight is 438 g/mol. The molecule has 0 spiro atoms. The fourth-order valence-electron chi connectivity index (χ4n) is 4.73. The van der Waals surface area contributed by atoms with E-state index in [1.54, 1.807) is 12.3 Å². The molecule has 1 N–H and O–H groups in total. The van der Waals surface area contributed by atoms with Crippen LogP contribution < -0.4 is 5.32 Å². The molecule has 2 aromatic rings. The van der Waals surface area contributed by atoms with Gasteiger partial charge in [-0.1, -0.05) is 19.8 Å². The number of nitrogens with zero attached hydrogens (tertiary/aromatic N) is 4. The molecule has 0 bridgehead atoms. The summed E-state index contributed by atoms with van der Waals surface area (Å²) >= 11 is 0. The number of hydrogen-bond donors (Lipinski definition) is 1. The summed E-state index contributed by atoms with van der Waals surface area (Å²) in [6.45, 7) is 7.09. The third kappa shape index (κ3) is 5.63. The second-order valence-electron chi connectivity index (χ2n) is 9.49. The Balaban J connectivity index is 1.49. The van der Waals surface area contributed by atoms with Crippen LogP contribution in [0, 0.1) is 18.8 Å². The van der Waals surface area contributed by atoms with Crippen molar-refractivity contribution in [3.05, 3.63) is 30.1 Å². The highest BCUT2D eigenvalue weighted by molar-refractivity contribution is 5.94. The highest BCUT2D eigenvalue weighted by Crippen LogP contribution is 2.29. The first kappa shape index (κ1) is 22.6. The van der Waals surface area contributed by atoms with Gasteiger partial charge in [0.2, 0.25) is 11.8 Å². The van der Waals surface area contributed by atoms with Crippen LogP contribution in [0.5, 0.6) is 0 Å². The molecule has 0 radical (unpaired) electrons. The number of carbonyl (C=O) groups excluding carboxylic acids is 2. The monoisotopic (exact) mass is 437 g/mol. The Morgan fingerprint density at radius 2 is 1.91 bits per heavy atom. The van der Waals surface area contributed by atoms with E-state index in [4.69, 9.17) is 0 Å². The number of rotatable bonds is 8. The van der Waals surface area contributed by atoms with Crippen molar-refractivity contribution >= 4 is 17.6 Å². The van der Waals surface area contributed by atoms with E-state index in [9.17, 15) is 9.59 Å². The Morgan fingerprint density at radius 3 is 2.59 bits per heavy atom. The van der Waals surface area contributed by atoms with E-state index in [0.717, 1.165) is 50.2 Å². The van der Waals surface area contributed by atoms with Gasteiger partial charge in [-0.3, -0.25) is 14.6 Å². The Kier molecular flexibility index (Phi) is 7.35. The molecule has 1 saturated carbocycles. The molecule has 1 saturated heterocycles. The molecule has 0 aromatic carbocycles. The van der Waals surface area contributed by atoms with E-state index >= 15 is 0 Å². The molecule has 1 aliphatic heterocycles. The normalized spacial score (nSPS) is 18.2. The quantitative estimate of drug-likeness (QED) is 0.656. The number of amides is 1. The van der Waals surface area contributed by atoms with Gasteiger partial charge in [-0.15, -0.1) is 0 Å². The van der Waals surface area contributed by atoms with Crippen LogP contribution in [0.3, 0.4) is 0 Å². The van der Waals surface area contributed by atoms with Gasteiger partial charge in [-0.2, -0.15) is 9.78 Å². The number of likely N-dealkylation sites (tertiary alicyclic amines) is 1. The van der Waals surface area contributed by atoms with Gasteiger partial charge < -0.3 is 10.2 Å². The van der Waals surface area contributed by atoms with Crippen LogP contribution in [-0.4, -0.2) is 51.1 Å². The van der Waals surface area contributed by atoms with Gasteiger partial charge >= 0.3 is 0 Å². The SMILES string of the molecule is Cc1ccc(-c2cc(NC(=O)C(C)CCN3CCCC3)n(C(=O)CC3CCCC3)n2)cn1. The number of nitrogens with one attached hydrogen (secondary N) is 1. The molecule has 32 heavy (non-hydrogen) atoms. The lowest BCUT2D eigenvalue weighted by molar-refractivity contribution is -0.119. The van der Waals surface area contributed by atoms with Gasteiger partial charge in [0.05, 0.1) is 5.69 Å². The van der Waals surface area contributed by atoms with Crippen LogP contribution >= 0.6 is 0 Å². The number of pyridine rings is 1. The lowest BCUT2D eigenvalue weighted by Gasteiger charge is -2.18. The van der Waals surface area contributed by atoms with Crippen molar-refractivity contribution in [1.29, 1.82) is 0 Å². The molecule has 172 valence electrons. The van der Waals surface area contributed by atoms with Crippen molar-refractivity contribution in [2.45, 2.75) is 65.2 Å². The van der Waals surface area contributed by atoms with Crippen LogP contribution in [0.2, 0.25) is 0 Å². The topological polar surface area (TPSA) is 80.1 Å². The van der Waals surface area contributed by atoms with E-state index in [2.05, 4.69) is 20.3 Å². The first-order valence-corrected chi connectivity index (χ1v) is 12.1. The molecule has 1 amide bonds. The number of hydrogen-bond acceptors (Lipinski definition) is 5. The maximum atomic E-state index is 13.1.